The molecule has 2 aliphatic rings. The average molecular weight is 406 g/mol. The lowest BCUT2D eigenvalue weighted by Crippen LogP contribution is -2.49. The highest BCUT2D eigenvalue weighted by molar-refractivity contribution is 7.89. The van der Waals surface area contributed by atoms with Crippen molar-refractivity contribution in [3.63, 3.8) is 0 Å². The van der Waals surface area contributed by atoms with E-state index in [-0.39, 0.29) is 16.8 Å². The molecule has 2 aliphatic heterocycles. The van der Waals surface area contributed by atoms with Gasteiger partial charge in [-0.1, -0.05) is 0 Å². The van der Waals surface area contributed by atoms with E-state index in [0.717, 1.165) is 31.3 Å². The number of aromatic amines is 1. The maximum atomic E-state index is 12.9. The summed E-state index contributed by atoms with van der Waals surface area (Å²) in [7, 11) is -3.77. The number of piperidine rings is 1. The normalized spacial score (nSPS) is 22.6. The third-order valence-corrected chi connectivity index (χ3v) is 7.40. The second-order valence-corrected chi connectivity index (χ2v) is 9.69. The van der Waals surface area contributed by atoms with Gasteiger partial charge in [-0.15, -0.1) is 0 Å². The molecule has 2 fully saturated rings. The third-order valence-electron chi connectivity index (χ3n) is 5.93. The highest BCUT2D eigenvalue weighted by atomic mass is 32.2. The summed E-state index contributed by atoms with van der Waals surface area (Å²) in [5, 5.41) is 7.53. The van der Waals surface area contributed by atoms with E-state index >= 15 is 0 Å². The van der Waals surface area contributed by atoms with Crippen LogP contribution in [0.4, 0.5) is 0 Å². The van der Waals surface area contributed by atoms with Crippen molar-refractivity contribution in [1.29, 1.82) is 0 Å². The second-order valence-electron chi connectivity index (χ2n) is 7.97. The predicted octanol–water partition coefficient (Wildman–Crippen LogP) is 1.31. The number of hydrogen-bond donors (Lipinski definition) is 2. The highest BCUT2D eigenvalue weighted by Crippen LogP contribution is 2.25. The number of amides is 1. The summed E-state index contributed by atoms with van der Waals surface area (Å²) in [4.78, 5) is 17.3. The molecule has 28 heavy (non-hydrogen) atoms. The molecule has 1 atom stereocenters. The molecule has 1 aromatic carbocycles. The van der Waals surface area contributed by atoms with Gasteiger partial charge in [-0.2, -0.15) is 9.82 Å². The van der Waals surface area contributed by atoms with Crippen molar-refractivity contribution in [2.45, 2.75) is 56.1 Å². The number of likely N-dealkylation sites (tertiary alicyclic amines) is 2. The van der Waals surface area contributed by atoms with Gasteiger partial charge in [0.25, 0.3) is 0 Å². The Morgan fingerprint density at radius 3 is 2.64 bits per heavy atom. The molecule has 1 amide bonds. The van der Waals surface area contributed by atoms with Crippen molar-refractivity contribution in [3.05, 3.63) is 24.4 Å². The predicted molar refractivity (Wildman–Crippen MR) is 106 cm³/mol. The number of rotatable bonds is 5. The minimum Gasteiger partial charge on any atom is -0.338 e. The monoisotopic (exact) mass is 405 g/mol. The highest BCUT2D eigenvalue weighted by Gasteiger charge is 2.39. The fourth-order valence-corrected chi connectivity index (χ4v) is 5.48. The van der Waals surface area contributed by atoms with Crippen molar-refractivity contribution < 1.29 is 13.2 Å². The Morgan fingerprint density at radius 2 is 1.93 bits per heavy atom. The topological polar surface area (TPSA) is 98.4 Å². The summed E-state index contributed by atoms with van der Waals surface area (Å²) in [6.45, 7) is 6.94. The number of nitrogens with zero attached hydrogens (tertiary/aromatic N) is 3. The van der Waals surface area contributed by atoms with Crippen LogP contribution < -0.4 is 4.72 Å². The van der Waals surface area contributed by atoms with E-state index in [1.165, 1.54) is 0 Å². The molecule has 1 aromatic heterocycles. The minimum absolute atomic E-state index is 0.103. The van der Waals surface area contributed by atoms with E-state index in [0.29, 0.717) is 24.5 Å². The Bertz CT molecular complexity index is 963. The number of sulfonamides is 1. The van der Waals surface area contributed by atoms with Crippen molar-refractivity contribution in [1.82, 2.24) is 24.7 Å². The fraction of sp³-hybridized carbons (Fsp3) is 0.579. The molecule has 4 rings (SSSR count). The van der Waals surface area contributed by atoms with E-state index in [2.05, 4.69) is 33.7 Å². The molecule has 9 heteroatoms. The van der Waals surface area contributed by atoms with Crippen LogP contribution in [0.2, 0.25) is 0 Å². The average Bonchev–Trinajstić information content (AvgIpc) is 3.28. The number of fused-ring (bicyclic) bond motifs is 1. The van der Waals surface area contributed by atoms with Gasteiger partial charge in [0.2, 0.25) is 15.9 Å². The zero-order valence-electron chi connectivity index (χ0n) is 16.3. The summed E-state index contributed by atoms with van der Waals surface area (Å²) in [6, 6.07) is 4.83. The number of benzene rings is 1. The maximum Gasteiger partial charge on any atom is 0.241 e. The van der Waals surface area contributed by atoms with Gasteiger partial charge in [-0.05, 0) is 51.3 Å². The van der Waals surface area contributed by atoms with E-state index in [4.69, 9.17) is 0 Å². The van der Waals surface area contributed by atoms with E-state index in [9.17, 15) is 13.2 Å². The van der Waals surface area contributed by atoms with Crippen molar-refractivity contribution in [3.8, 4) is 0 Å². The van der Waals surface area contributed by atoms with Gasteiger partial charge in [0, 0.05) is 37.1 Å². The molecular formula is C19H27N5O3S. The molecular weight excluding hydrogens is 378 g/mol. The van der Waals surface area contributed by atoms with Crippen molar-refractivity contribution >= 4 is 26.8 Å². The van der Waals surface area contributed by atoms with E-state index in [1.807, 2.05) is 4.90 Å². The van der Waals surface area contributed by atoms with Crippen molar-refractivity contribution in [2.75, 3.05) is 19.6 Å². The lowest BCUT2D eigenvalue weighted by molar-refractivity contribution is -0.131. The summed E-state index contributed by atoms with van der Waals surface area (Å²) < 4.78 is 28.2. The van der Waals surface area contributed by atoms with Gasteiger partial charge in [0.15, 0.2) is 0 Å². The van der Waals surface area contributed by atoms with Crippen LogP contribution in [0.15, 0.2) is 29.3 Å². The molecule has 0 unspecified atom stereocenters. The lowest BCUT2D eigenvalue weighted by atomic mass is 10.0. The lowest BCUT2D eigenvalue weighted by Gasteiger charge is -2.38. The Balaban J connectivity index is 1.42. The summed E-state index contributed by atoms with van der Waals surface area (Å²) >= 11 is 0. The Hall–Kier alpha value is -1.97. The smallest absolute Gasteiger partial charge is 0.241 e. The van der Waals surface area contributed by atoms with Gasteiger partial charge >= 0.3 is 0 Å². The molecule has 2 N–H and O–H groups in total. The van der Waals surface area contributed by atoms with Gasteiger partial charge in [0.05, 0.1) is 16.6 Å². The van der Waals surface area contributed by atoms with E-state index in [1.54, 1.807) is 24.4 Å². The first-order valence-corrected chi connectivity index (χ1v) is 11.3. The largest absolute Gasteiger partial charge is 0.338 e. The molecule has 0 bridgehead atoms. The quantitative estimate of drug-likeness (QED) is 0.782. The maximum absolute atomic E-state index is 12.9. The first kappa shape index (κ1) is 19.4. The number of nitrogens with one attached hydrogen (secondary N) is 2. The standard InChI is InChI=1S/C19H27N5O3S/c1-13(2)23-8-5-15(6-9-23)24-10-7-17(19(24)25)22-28(26,27)16-4-3-14-12-20-21-18(14)11-16/h3-4,11-13,15,17,22H,5-10H2,1-2H3,(H,20,21)/t17-/m0/s1. The van der Waals surface area contributed by atoms with Crippen molar-refractivity contribution in [2.24, 2.45) is 0 Å². The third kappa shape index (κ3) is 3.66. The number of carbonyl (C=O) groups is 1. The second kappa shape index (κ2) is 7.46. The summed E-state index contributed by atoms with van der Waals surface area (Å²) in [5.41, 5.74) is 0.652. The number of H-pyrrole nitrogens is 1. The van der Waals surface area contributed by atoms with Gasteiger partial charge in [0.1, 0.15) is 6.04 Å². The fourth-order valence-electron chi connectivity index (χ4n) is 4.23. The van der Waals surface area contributed by atoms with Crippen LogP contribution in [0.5, 0.6) is 0 Å². The van der Waals surface area contributed by atoms with Crippen LogP contribution >= 0.6 is 0 Å². The van der Waals surface area contributed by atoms with Crippen LogP contribution in [-0.2, 0) is 14.8 Å². The first-order valence-electron chi connectivity index (χ1n) is 9.85. The van der Waals surface area contributed by atoms with Crippen LogP contribution in [0.1, 0.15) is 33.1 Å². The molecule has 0 radical (unpaired) electrons. The van der Waals surface area contributed by atoms with Gasteiger partial charge in [-0.25, -0.2) is 8.42 Å². The SMILES string of the molecule is CC(C)N1CCC(N2CC[C@H](NS(=O)(=O)c3ccc4cn[nH]c4c3)C2=O)CC1. The molecule has 152 valence electrons. The Kier molecular flexibility index (Phi) is 5.15. The first-order chi connectivity index (χ1) is 13.3. The van der Waals surface area contributed by atoms with Crippen LogP contribution in [-0.4, -0.2) is 72.1 Å². The molecule has 3 heterocycles. The molecule has 0 saturated carbocycles. The van der Waals surface area contributed by atoms with Crippen LogP contribution in [0, 0.1) is 0 Å². The summed E-state index contributed by atoms with van der Waals surface area (Å²) in [5.74, 6) is -0.103. The van der Waals surface area contributed by atoms with Crippen LogP contribution in [0.25, 0.3) is 10.9 Å². The van der Waals surface area contributed by atoms with Gasteiger partial charge < -0.3 is 9.80 Å². The molecule has 0 spiro atoms. The Labute approximate surface area is 165 Å². The number of hydrogen-bond acceptors (Lipinski definition) is 5. The molecule has 2 saturated heterocycles. The number of aromatic nitrogens is 2. The zero-order valence-corrected chi connectivity index (χ0v) is 17.1. The molecule has 0 aliphatic carbocycles. The zero-order chi connectivity index (χ0) is 19.9. The van der Waals surface area contributed by atoms with Crippen LogP contribution in [0.3, 0.4) is 0 Å². The molecule has 2 aromatic rings. The van der Waals surface area contributed by atoms with E-state index < -0.39 is 16.1 Å². The summed E-state index contributed by atoms with van der Waals surface area (Å²) in [6.07, 6.45) is 4.04. The minimum atomic E-state index is -3.77. The number of carbonyl (C=O) groups excluding carboxylic acids is 1. The van der Waals surface area contributed by atoms with Gasteiger partial charge in [-0.3, -0.25) is 9.89 Å². The Morgan fingerprint density at radius 1 is 1.18 bits per heavy atom. The molecule has 8 nitrogen and oxygen atoms in total.